The van der Waals surface area contributed by atoms with Gasteiger partial charge in [-0.2, -0.15) is 5.10 Å². The highest BCUT2D eigenvalue weighted by Crippen LogP contribution is 2.18. The third-order valence-corrected chi connectivity index (χ3v) is 2.75. The second-order valence-corrected chi connectivity index (χ2v) is 4.65. The van der Waals surface area contributed by atoms with Crippen LogP contribution < -0.4 is 5.32 Å². The highest BCUT2D eigenvalue weighted by Gasteiger charge is 2.04. The normalized spacial score (nSPS) is 11.1. The van der Waals surface area contributed by atoms with E-state index in [1.54, 1.807) is 4.68 Å². The van der Waals surface area contributed by atoms with Gasteiger partial charge in [-0.05, 0) is 18.2 Å². The van der Waals surface area contributed by atoms with Crippen LogP contribution in [0.5, 0.6) is 0 Å². The molecular formula is C13H16ClN3. The molecule has 2 rings (SSSR count). The molecule has 0 fully saturated rings. The number of nitrogens with one attached hydrogen (secondary N) is 1. The van der Waals surface area contributed by atoms with Crippen molar-refractivity contribution in [2.24, 2.45) is 0 Å². The third kappa shape index (κ3) is 3.08. The fourth-order valence-electron chi connectivity index (χ4n) is 1.54. The molecule has 0 unspecified atom stereocenters. The Bertz CT molecular complexity index is 491. The Morgan fingerprint density at radius 3 is 2.76 bits per heavy atom. The van der Waals surface area contributed by atoms with Crippen LogP contribution in [0, 0.1) is 0 Å². The molecule has 0 radical (unpaired) electrons. The van der Waals surface area contributed by atoms with Crippen molar-refractivity contribution in [1.82, 2.24) is 15.1 Å². The highest BCUT2D eigenvalue weighted by atomic mass is 35.5. The fourth-order valence-corrected chi connectivity index (χ4v) is 1.76. The van der Waals surface area contributed by atoms with Crippen molar-refractivity contribution in [3.05, 3.63) is 47.2 Å². The van der Waals surface area contributed by atoms with E-state index in [9.17, 15) is 0 Å². The van der Waals surface area contributed by atoms with E-state index in [4.69, 9.17) is 11.6 Å². The van der Waals surface area contributed by atoms with Gasteiger partial charge in [0, 0.05) is 18.8 Å². The SMILES string of the molecule is CC(C)NCc1ccn(-c2ccccc2Cl)n1. The number of nitrogens with zero attached hydrogens (tertiary/aromatic N) is 2. The number of halogens is 1. The zero-order chi connectivity index (χ0) is 12.3. The molecule has 17 heavy (non-hydrogen) atoms. The van der Waals surface area contributed by atoms with Crippen molar-refractivity contribution in [3.8, 4) is 5.69 Å². The average Bonchev–Trinajstić information content (AvgIpc) is 2.75. The molecule has 0 saturated carbocycles. The third-order valence-electron chi connectivity index (χ3n) is 2.44. The van der Waals surface area contributed by atoms with Gasteiger partial charge in [0.25, 0.3) is 0 Å². The fraction of sp³-hybridized carbons (Fsp3) is 0.308. The van der Waals surface area contributed by atoms with Crippen LogP contribution in [0.25, 0.3) is 5.69 Å². The number of para-hydroxylation sites is 1. The van der Waals surface area contributed by atoms with E-state index >= 15 is 0 Å². The Balaban J connectivity index is 2.16. The molecule has 1 aromatic heterocycles. The van der Waals surface area contributed by atoms with Gasteiger partial charge in [-0.3, -0.25) is 0 Å². The van der Waals surface area contributed by atoms with Gasteiger partial charge in [0.15, 0.2) is 0 Å². The second kappa shape index (κ2) is 5.34. The van der Waals surface area contributed by atoms with Gasteiger partial charge in [0.2, 0.25) is 0 Å². The lowest BCUT2D eigenvalue weighted by Gasteiger charge is -2.06. The average molecular weight is 250 g/mol. The topological polar surface area (TPSA) is 29.9 Å². The Morgan fingerprint density at radius 1 is 1.29 bits per heavy atom. The molecule has 0 aliphatic carbocycles. The molecule has 2 aromatic rings. The largest absolute Gasteiger partial charge is 0.309 e. The number of benzene rings is 1. The smallest absolute Gasteiger partial charge is 0.0831 e. The lowest BCUT2D eigenvalue weighted by Crippen LogP contribution is -2.22. The predicted octanol–water partition coefficient (Wildman–Crippen LogP) is 3.02. The van der Waals surface area contributed by atoms with Crippen molar-refractivity contribution >= 4 is 11.6 Å². The number of rotatable bonds is 4. The summed E-state index contributed by atoms with van der Waals surface area (Å²) in [6, 6.07) is 10.1. The Morgan fingerprint density at radius 2 is 2.06 bits per heavy atom. The van der Waals surface area contributed by atoms with Gasteiger partial charge in [-0.1, -0.05) is 37.6 Å². The first-order chi connectivity index (χ1) is 8.16. The molecule has 0 atom stereocenters. The molecule has 0 saturated heterocycles. The zero-order valence-electron chi connectivity index (χ0n) is 10.0. The van der Waals surface area contributed by atoms with E-state index in [-0.39, 0.29) is 0 Å². The molecule has 1 N–H and O–H groups in total. The van der Waals surface area contributed by atoms with E-state index in [1.807, 2.05) is 36.5 Å². The molecule has 3 nitrogen and oxygen atoms in total. The number of hydrogen-bond acceptors (Lipinski definition) is 2. The summed E-state index contributed by atoms with van der Waals surface area (Å²) >= 11 is 6.12. The van der Waals surface area contributed by atoms with Crippen LogP contribution >= 0.6 is 11.6 Å². The van der Waals surface area contributed by atoms with Crippen LogP contribution in [0.4, 0.5) is 0 Å². The summed E-state index contributed by atoms with van der Waals surface area (Å²) in [5.74, 6) is 0. The summed E-state index contributed by atoms with van der Waals surface area (Å²) in [6.07, 6.45) is 1.93. The van der Waals surface area contributed by atoms with Gasteiger partial charge in [0.1, 0.15) is 0 Å². The van der Waals surface area contributed by atoms with Gasteiger partial charge in [-0.25, -0.2) is 4.68 Å². The first-order valence-electron chi connectivity index (χ1n) is 5.69. The molecular weight excluding hydrogens is 234 g/mol. The maximum absolute atomic E-state index is 6.12. The Kier molecular flexibility index (Phi) is 3.82. The van der Waals surface area contributed by atoms with Crippen LogP contribution in [0.2, 0.25) is 5.02 Å². The summed E-state index contributed by atoms with van der Waals surface area (Å²) < 4.78 is 1.81. The van der Waals surface area contributed by atoms with Crippen molar-refractivity contribution in [1.29, 1.82) is 0 Å². The standard InChI is InChI=1S/C13H16ClN3/c1-10(2)15-9-11-7-8-17(16-11)13-6-4-3-5-12(13)14/h3-8,10,15H,9H2,1-2H3. The zero-order valence-corrected chi connectivity index (χ0v) is 10.8. The van der Waals surface area contributed by atoms with Crippen LogP contribution in [-0.4, -0.2) is 15.8 Å². The molecule has 1 aromatic carbocycles. The van der Waals surface area contributed by atoms with Gasteiger partial charge < -0.3 is 5.32 Å². The summed E-state index contributed by atoms with van der Waals surface area (Å²) in [6.45, 7) is 5.01. The summed E-state index contributed by atoms with van der Waals surface area (Å²) in [4.78, 5) is 0. The van der Waals surface area contributed by atoms with Crippen molar-refractivity contribution in [3.63, 3.8) is 0 Å². The van der Waals surface area contributed by atoms with Crippen LogP contribution in [0.1, 0.15) is 19.5 Å². The van der Waals surface area contributed by atoms with Crippen LogP contribution in [0.3, 0.4) is 0 Å². The Labute approximate surface area is 106 Å². The second-order valence-electron chi connectivity index (χ2n) is 4.24. The van der Waals surface area contributed by atoms with E-state index < -0.39 is 0 Å². The maximum Gasteiger partial charge on any atom is 0.0831 e. The van der Waals surface area contributed by atoms with Gasteiger partial charge in [-0.15, -0.1) is 0 Å². The van der Waals surface area contributed by atoms with Gasteiger partial charge >= 0.3 is 0 Å². The minimum Gasteiger partial charge on any atom is -0.309 e. The van der Waals surface area contributed by atoms with E-state index in [0.29, 0.717) is 11.1 Å². The lowest BCUT2D eigenvalue weighted by atomic mass is 10.3. The molecule has 0 aliphatic heterocycles. The first kappa shape index (κ1) is 12.1. The lowest BCUT2D eigenvalue weighted by molar-refractivity contribution is 0.578. The number of aromatic nitrogens is 2. The summed E-state index contributed by atoms with van der Waals surface area (Å²) in [5.41, 5.74) is 1.92. The van der Waals surface area contributed by atoms with E-state index in [0.717, 1.165) is 17.9 Å². The molecule has 0 spiro atoms. The quantitative estimate of drug-likeness (QED) is 0.903. The van der Waals surface area contributed by atoms with Crippen molar-refractivity contribution in [2.75, 3.05) is 0 Å². The van der Waals surface area contributed by atoms with E-state index in [1.165, 1.54) is 0 Å². The molecule has 0 aliphatic rings. The summed E-state index contributed by atoms with van der Waals surface area (Å²) in [5, 5.41) is 8.52. The van der Waals surface area contributed by atoms with Crippen molar-refractivity contribution in [2.45, 2.75) is 26.4 Å². The molecule has 1 heterocycles. The van der Waals surface area contributed by atoms with Gasteiger partial charge in [0.05, 0.1) is 16.4 Å². The Hall–Kier alpha value is -1.32. The van der Waals surface area contributed by atoms with Crippen LogP contribution in [-0.2, 0) is 6.54 Å². The number of hydrogen-bond donors (Lipinski definition) is 1. The highest BCUT2D eigenvalue weighted by molar-refractivity contribution is 6.32. The first-order valence-corrected chi connectivity index (χ1v) is 6.07. The summed E-state index contributed by atoms with van der Waals surface area (Å²) in [7, 11) is 0. The monoisotopic (exact) mass is 249 g/mol. The predicted molar refractivity (Wildman–Crippen MR) is 70.5 cm³/mol. The molecule has 90 valence electrons. The van der Waals surface area contributed by atoms with Crippen molar-refractivity contribution < 1.29 is 0 Å². The minimum atomic E-state index is 0.459. The minimum absolute atomic E-state index is 0.459. The molecule has 0 amide bonds. The van der Waals surface area contributed by atoms with E-state index in [2.05, 4.69) is 24.3 Å². The van der Waals surface area contributed by atoms with Crippen LogP contribution in [0.15, 0.2) is 36.5 Å². The molecule has 4 heteroatoms. The molecule has 0 bridgehead atoms. The maximum atomic E-state index is 6.12.